The first-order chi connectivity index (χ1) is 5.54. The van der Waals surface area contributed by atoms with E-state index in [0.717, 1.165) is 4.90 Å². The third-order valence-electron chi connectivity index (χ3n) is 1.36. The zero-order chi connectivity index (χ0) is 9.19. The van der Waals surface area contributed by atoms with Gasteiger partial charge >= 0.3 is 51.4 Å². The molecule has 0 aromatic heterocycles. The molecule has 0 saturated heterocycles. The van der Waals surface area contributed by atoms with E-state index in [4.69, 9.17) is 4.55 Å². The number of rotatable bonds is 2. The van der Waals surface area contributed by atoms with E-state index in [1.165, 1.54) is 23.9 Å². The van der Waals surface area contributed by atoms with E-state index in [1.54, 1.807) is 12.1 Å². The van der Waals surface area contributed by atoms with Crippen LogP contribution in [-0.4, -0.2) is 19.2 Å². The normalized spacial score (nSPS) is 10.6. The third-order valence-corrected chi connectivity index (χ3v) is 2.97. The van der Waals surface area contributed by atoms with Gasteiger partial charge in [0.1, 0.15) is 0 Å². The van der Waals surface area contributed by atoms with E-state index in [1.807, 2.05) is 6.26 Å². The van der Waals surface area contributed by atoms with Gasteiger partial charge in [-0.25, -0.2) is 0 Å². The fourth-order valence-corrected chi connectivity index (χ4v) is 1.64. The molecule has 0 aliphatic heterocycles. The zero-order valence-corrected chi connectivity index (χ0v) is 12.1. The van der Waals surface area contributed by atoms with Crippen molar-refractivity contribution in [1.82, 2.24) is 0 Å². The summed E-state index contributed by atoms with van der Waals surface area (Å²) in [5.41, 5.74) is 0. The van der Waals surface area contributed by atoms with Crippen molar-refractivity contribution in [3.8, 4) is 0 Å². The molecule has 68 valence electrons. The van der Waals surface area contributed by atoms with E-state index < -0.39 is 10.1 Å². The van der Waals surface area contributed by atoms with E-state index >= 15 is 0 Å². The molecule has 1 aromatic rings. The number of thioether (sulfide) groups is 1. The molecule has 0 fully saturated rings. The molecule has 0 saturated carbocycles. The molecule has 1 aromatic carbocycles. The van der Waals surface area contributed by atoms with Crippen molar-refractivity contribution in [3.63, 3.8) is 0 Å². The first-order valence-corrected chi connectivity index (χ1v) is 5.82. The molecule has 0 spiro atoms. The van der Waals surface area contributed by atoms with Crippen molar-refractivity contribution >= 4 is 21.9 Å². The van der Waals surface area contributed by atoms with E-state index in [-0.39, 0.29) is 57.7 Å². The third kappa shape index (κ3) is 4.44. The quantitative estimate of drug-likeness (QED) is 0.402. The van der Waals surface area contributed by atoms with Crippen molar-refractivity contribution in [2.24, 2.45) is 0 Å². The van der Waals surface area contributed by atoms with Crippen LogP contribution < -0.4 is 51.4 Å². The Morgan fingerprint density at radius 1 is 1.31 bits per heavy atom. The molecule has 0 heterocycles. The summed E-state index contributed by atoms with van der Waals surface area (Å²) >= 11 is 1.51. The van der Waals surface area contributed by atoms with Crippen LogP contribution >= 0.6 is 11.8 Å². The maximum atomic E-state index is 10.6. The molecule has 13 heavy (non-hydrogen) atoms. The Labute approximate surface area is 126 Å². The molecule has 1 rings (SSSR count). The fraction of sp³-hybridized carbons (Fsp3) is 0.143. The van der Waals surface area contributed by atoms with Gasteiger partial charge in [-0.2, -0.15) is 8.42 Å². The van der Waals surface area contributed by atoms with Crippen LogP contribution in [0, 0.1) is 0 Å². The minimum Gasteiger partial charge on any atom is -1.00 e. The molecular weight excluding hydrogens is 235 g/mol. The van der Waals surface area contributed by atoms with Crippen LogP contribution in [0.5, 0.6) is 0 Å². The Morgan fingerprint density at radius 3 is 2.08 bits per heavy atom. The molecule has 1 N–H and O–H groups in total. The van der Waals surface area contributed by atoms with Crippen LogP contribution in [0.15, 0.2) is 34.1 Å². The van der Waals surface area contributed by atoms with Gasteiger partial charge in [0.25, 0.3) is 10.1 Å². The fourth-order valence-electron chi connectivity index (χ4n) is 0.748. The average molecular weight is 244 g/mol. The van der Waals surface area contributed by atoms with Crippen LogP contribution in [0.4, 0.5) is 0 Å². The second kappa shape index (κ2) is 5.87. The van der Waals surface area contributed by atoms with Crippen molar-refractivity contribution < 1.29 is 65.8 Å². The minimum absolute atomic E-state index is 0. The molecule has 0 amide bonds. The van der Waals surface area contributed by atoms with Gasteiger partial charge < -0.3 is 1.43 Å². The largest absolute Gasteiger partial charge is 1.00 e. The molecule has 3 nitrogen and oxygen atoms in total. The van der Waals surface area contributed by atoms with Gasteiger partial charge in [-0.3, -0.25) is 4.55 Å². The molecule has 0 bridgehead atoms. The summed E-state index contributed by atoms with van der Waals surface area (Å²) in [4.78, 5) is 0.891. The van der Waals surface area contributed by atoms with Crippen LogP contribution in [-0.2, 0) is 10.1 Å². The van der Waals surface area contributed by atoms with Crippen LogP contribution in [0.1, 0.15) is 1.43 Å². The Balaban J connectivity index is 0. The van der Waals surface area contributed by atoms with Crippen LogP contribution in [0.3, 0.4) is 0 Å². The van der Waals surface area contributed by atoms with Crippen LogP contribution in [0.25, 0.3) is 0 Å². The predicted molar refractivity (Wildman–Crippen MR) is 49.1 cm³/mol. The Hall–Kier alpha value is 1.12. The van der Waals surface area contributed by atoms with Gasteiger partial charge in [0.05, 0.1) is 4.90 Å². The Kier molecular flexibility index (Phi) is 6.37. The maximum Gasteiger partial charge on any atom is 1.00 e. The molecule has 0 atom stereocenters. The van der Waals surface area contributed by atoms with Gasteiger partial charge in [-0.15, -0.1) is 11.8 Å². The van der Waals surface area contributed by atoms with Crippen LogP contribution in [0.2, 0.25) is 0 Å². The second-order valence-electron chi connectivity index (χ2n) is 2.15. The van der Waals surface area contributed by atoms with Crippen molar-refractivity contribution in [3.05, 3.63) is 24.3 Å². The summed E-state index contributed by atoms with van der Waals surface area (Å²) in [6, 6.07) is 6.05. The van der Waals surface area contributed by atoms with Crippen molar-refractivity contribution in [1.29, 1.82) is 0 Å². The molecular formula is C7H9KO3S2. The molecule has 6 heteroatoms. The predicted octanol–water partition coefficient (Wildman–Crippen LogP) is -1.23. The SMILES string of the molecule is CSc1ccc(S(=O)(=O)O)cc1.[H-].[K+]. The smallest absolute Gasteiger partial charge is 1.00 e. The van der Waals surface area contributed by atoms with Gasteiger partial charge in [-0.05, 0) is 30.5 Å². The average Bonchev–Trinajstić information content (AvgIpc) is 2.03. The van der Waals surface area contributed by atoms with E-state index in [9.17, 15) is 8.42 Å². The van der Waals surface area contributed by atoms with Gasteiger partial charge in [0, 0.05) is 4.90 Å². The topological polar surface area (TPSA) is 54.4 Å². The molecule has 0 unspecified atom stereocenters. The van der Waals surface area contributed by atoms with Crippen molar-refractivity contribution in [2.75, 3.05) is 6.26 Å². The van der Waals surface area contributed by atoms with Crippen molar-refractivity contribution in [2.45, 2.75) is 9.79 Å². The standard InChI is InChI=1S/C7H8O3S2.K.H/c1-11-6-2-4-7(5-3-6)12(8,9)10;;/h2-5H,1H3,(H,8,9,10);;/q;+1;-1. The van der Waals surface area contributed by atoms with E-state index in [0.29, 0.717) is 0 Å². The van der Waals surface area contributed by atoms with E-state index in [2.05, 4.69) is 0 Å². The second-order valence-corrected chi connectivity index (χ2v) is 4.45. The van der Waals surface area contributed by atoms with Gasteiger partial charge in [0.2, 0.25) is 0 Å². The molecule has 0 aliphatic rings. The van der Waals surface area contributed by atoms with Gasteiger partial charge in [-0.1, -0.05) is 0 Å². The van der Waals surface area contributed by atoms with Gasteiger partial charge in [0.15, 0.2) is 0 Å². The molecule has 0 radical (unpaired) electrons. The Morgan fingerprint density at radius 2 is 1.77 bits per heavy atom. The Bertz CT molecular complexity index is 363. The molecule has 0 aliphatic carbocycles. The summed E-state index contributed by atoms with van der Waals surface area (Å²) in [5, 5.41) is 0. The first-order valence-electron chi connectivity index (χ1n) is 3.15. The first kappa shape index (κ1) is 14.1. The minimum atomic E-state index is -4.04. The monoisotopic (exact) mass is 244 g/mol. The summed E-state index contributed by atoms with van der Waals surface area (Å²) in [6.45, 7) is 0. The number of hydrogen-bond acceptors (Lipinski definition) is 3. The summed E-state index contributed by atoms with van der Waals surface area (Å²) in [5.74, 6) is 0. The number of hydrogen-bond donors (Lipinski definition) is 1. The summed E-state index contributed by atoms with van der Waals surface area (Å²) < 4.78 is 29.8. The zero-order valence-electron chi connectivity index (χ0n) is 8.39. The number of benzene rings is 1. The summed E-state index contributed by atoms with van der Waals surface area (Å²) in [6.07, 6.45) is 1.89. The summed E-state index contributed by atoms with van der Waals surface area (Å²) in [7, 11) is -4.04. The maximum absolute atomic E-state index is 10.6.